The highest BCUT2D eigenvalue weighted by atomic mass is 16.2. The zero-order chi connectivity index (χ0) is 14.9. The van der Waals surface area contributed by atoms with E-state index in [-0.39, 0.29) is 5.91 Å². The van der Waals surface area contributed by atoms with E-state index in [2.05, 4.69) is 21.3 Å². The third-order valence-electron chi connectivity index (χ3n) is 5.28. The minimum Gasteiger partial charge on any atom is -0.351 e. The van der Waals surface area contributed by atoms with Gasteiger partial charge in [-0.1, -0.05) is 0 Å². The fraction of sp³-hybridized carbons (Fsp3) is 0.647. The van der Waals surface area contributed by atoms with E-state index in [4.69, 9.17) is 0 Å². The molecule has 1 amide bonds. The van der Waals surface area contributed by atoms with Crippen LogP contribution in [0.4, 0.5) is 5.82 Å². The van der Waals surface area contributed by atoms with E-state index in [9.17, 15) is 4.79 Å². The van der Waals surface area contributed by atoms with Crippen molar-refractivity contribution in [2.75, 3.05) is 37.6 Å². The number of carbonyl (C=O) groups excluding carboxylic acids is 1. The molecule has 1 aromatic heterocycles. The second-order valence-corrected chi connectivity index (χ2v) is 6.63. The summed E-state index contributed by atoms with van der Waals surface area (Å²) in [5.41, 5.74) is 2.51. The Kier molecular flexibility index (Phi) is 3.74. The van der Waals surface area contributed by atoms with Crippen molar-refractivity contribution < 1.29 is 4.79 Å². The molecule has 0 radical (unpaired) electrons. The van der Waals surface area contributed by atoms with E-state index in [0.717, 1.165) is 64.2 Å². The Bertz CT molecular complexity index is 568. The molecule has 1 N–H and O–H groups in total. The lowest BCUT2D eigenvalue weighted by molar-refractivity contribution is -0.129. The summed E-state index contributed by atoms with van der Waals surface area (Å²) in [6.45, 7) is 4.97. The van der Waals surface area contributed by atoms with Gasteiger partial charge in [-0.3, -0.25) is 4.79 Å². The van der Waals surface area contributed by atoms with Crippen LogP contribution in [-0.4, -0.2) is 54.6 Å². The maximum Gasteiger partial charge on any atom is 0.227 e. The minimum atomic E-state index is 0.285. The number of carbonyl (C=O) groups is 1. The highest BCUT2D eigenvalue weighted by Crippen LogP contribution is 2.32. The van der Waals surface area contributed by atoms with Crippen LogP contribution in [0.15, 0.2) is 12.3 Å². The lowest BCUT2D eigenvalue weighted by Gasteiger charge is -2.42. The number of amides is 1. The summed E-state index contributed by atoms with van der Waals surface area (Å²) in [5.74, 6) is 1.41. The van der Waals surface area contributed by atoms with Crippen molar-refractivity contribution in [3.63, 3.8) is 0 Å². The van der Waals surface area contributed by atoms with Gasteiger partial charge in [0.2, 0.25) is 5.91 Å². The number of pyridine rings is 1. The topological polar surface area (TPSA) is 48.5 Å². The van der Waals surface area contributed by atoms with Crippen molar-refractivity contribution in [1.82, 2.24) is 15.2 Å². The number of anilines is 1. The van der Waals surface area contributed by atoms with Gasteiger partial charge in [-0.2, -0.15) is 0 Å². The Labute approximate surface area is 131 Å². The predicted molar refractivity (Wildman–Crippen MR) is 86.1 cm³/mol. The highest BCUT2D eigenvalue weighted by molar-refractivity contribution is 5.80. The average molecular weight is 300 g/mol. The molecule has 3 aliphatic rings. The molecule has 118 valence electrons. The van der Waals surface area contributed by atoms with Gasteiger partial charge in [-0.15, -0.1) is 0 Å². The van der Waals surface area contributed by atoms with Crippen molar-refractivity contribution >= 4 is 11.7 Å². The molecule has 3 aliphatic heterocycles. The standard InChI is InChI=1S/C17H24N4O/c22-16(20-8-1-2-9-20)11-13-5-6-19-17-15(13)4-3-14-12-18-7-10-21(14)17/h5-6,14,18H,1-4,7-12H2/t14-/m1/s1. The summed E-state index contributed by atoms with van der Waals surface area (Å²) in [4.78, 5) is 21.6. The molecule has 0 aromatic carbocycles. The number of rotatable bonds is 2. The normalized spacial score (nSPS) is 24.1. The van der Waals surface area contributed by atoms with Crippen LogP contribution < -0.4 is 10.2 Å². The van der Waals surface area contributed by atoms with E-state index >= 15 is 0 Å². The van der Waals surface area contributed by atoms with Crippen LogP contribution in [0, 0.1) is 0 Å². The Morgan fingerprint density at radius 1 is 1.32 bits per heavy atom. The number of piperazine rings is 1. The van der Waals surface area contributed by atoms with Gasteiger partial charge in [-0.25, -0.2) is 4.98 Å². The molecule has 1 atom stereocenters. The summed E-state index contributed by atoms with van der Waals surface area (Å²) < 4.78 is 0. The fourth-order valence-electron chi connectivity index (χ4n) is 4.06. The zero-order valence-electron chi connectivity index (χ0n) is 13.1. The van der Waals surface area contributed by atoms with Crippen LogP contribution in [0.25, 0.3) is 0 Å². The van der Waals surface area contributed by atoms with Gasteiger partial charge in [0.25, 0.3) is 0 Å². The fourth-order valence-corrected chi connectivity index (χ4v) is 4.06. The largest absolute Gasteiger partial charge is 0.351 e. The smallest absolute Gasteiger partial charge is 0.227 e. The van der Waals surface area contributed by atoms with E-state index in [1.807, 2.05) is 11.1 Å². The minimum absolute atomic E-state index is 0.285. The van der Waals surface area contributed by atoms with Crippen LogP contribution in [-0.2, 0) is 17.6 Å². The van der Waals surface area contributed by atoms with Crippen LogP contribution in [0.1, 0.15) is 30.4 Å². The van der Waals surface area contributed by atoms with Crippen LogP contribution in [0.5, 0.6) is 0 Å². The Hall–Kier alpha value is -1.62. The quantitative estimate of drug-likeness (QED) is 0.884. The average Bonchev–Trinajstić information content (AvgIpc) is 3.09. The maximum atomic E-state index is 12.5. The number of nitrogens with one attached hydrogen (secondary N) is 1. The third-order valence-corrected chi connectivity index (χ3v) is 5.28. The molecule has 0 spiro atoms. The zero-order valence-corrected chi connectivity index (χ0v) is 13.1. The van der Waals surface area contributed by atoms with Gasteiger partial charge >= 0.3 is 0 Å². The summed E-state index contributed by atoms with van der Waals surface area (Å²) in [5, 5.41) is 3.47. The van der Waals surface area contributed by atoms with Crippen molar-refractivity contribution in [2.45, 2.75) is 38.1 Å². The molecule has 2 fully saturated rings. The number of hydrogen-bond acceptors (Lipinski definition) is 4. The van der Waals surface area contributed by atoms with Gasteiger partial charge in [-0.05, 0) is 42.9 Å². The molecule has 1 aromatic rings. The Morgan fingerprint density at radius 3 is 3.05 bits per heavy atom. The van der Waals surface area contributed by atoms with Gasteiger partial charge < -0.3 is 15.1 Å². The van der Waals surface area contributed by atoms with E-state index in [1.54, 1.807) is 0 Å². The molecule has 0 aliphatic carbocycles. The molecule has 0 saturated carbocycles. The Balaban J connectivity index is 1.58. The Morgan fingerprint density at radius 2 is 2.18 bits per heavy atom. The SMILES string of the molecule is O=C(Cc1ccnc2c1CC[C@@H]1CNCCN21)N1CCCC1. The first-order valence-corrected chi connectivity index (χ1v) is 8.55. The van der Waals surface area contributed by atoms with Crippen molar-refractivity contribution in [3.8, 4) is 0 Å². The lowest BCUT2D eigenvalue weighted by Crippen LogP contribution is -2.53. The first-order chi connectivity index (χ1) is 10.8. The molecule has 5 heteroatoms. The maximum absolute atomic E-state index is 12.5. The molecular formula is C17H24N4O. The first kappa shape index (κ1) is 14.0. The molecule has 4 rings (SSSR count). The second-order valence-electron chi connectivity index (χ2n) is 6.63. The molecule has 0 unspecified atom stereocenters. The van der Waals surface area contributed by atoms with Gasteiger partial charge in [0.05, 0.1) is 6.42 Å². The van der Waals surface area contributed by atoms with E-state index < -0.39 is 0 Å². The molecule has 4 heterocycles. The number of likely N-dealkylation sites (tertiary alicyclic amines) is 1. The van der Waals surface area contributed by atoms with Crippen LogP contribution >= 0.6 is 0 Å². The van der Waals surface area contributed by atoms with Gasteiger partial charge in [0, 0.05) is 45.0 Å². The van der Waals surface area contributed by atoms with Crippen molar-refractivity contribution in [1.29, 1.82) is 0 Å². The second kappa shape index (κ2) is 5.88. The van der Waals surface area contributed by atoms with E-state index in [0.29, 0.717) is 12.5 Å². The number of hydrogen-bond donors (Lipinski definition) is 1. The summed E-state index contributed by atoms with van der Waals surface area (Å²) in [7, 11) is 0. The molecule has 22 heavy (non-hydrogen) atoms. The third kappa shape index (κ3) is 2.47. The van der Waals surface area contributed by atoms with Crippen LogP contribution in [0.2, 0.25) is 0 Å². The number of fused-ring (bicyclic) bond motifs is 3. The summed E-state index contributed by atoms with van der Waals surface area (Å²) in [6, 6.07) is 2.62. The van der Waals surface area contributed by atoms with Crippen molar-refractivity contribution in [2.24, 2.45) is 0 Å². The molecular weight excluding hydrogens is 276 g/mol. The summed E-state index contributed by atoms with van der Waals surface area (Å²) in [6.07, 6.45) is 6.95. The van der Waals surface area contributed by atoms with E-state index in [1.165, 1.54) is 11.1 Å². The van der Waals surface area contributed by atoms with Crippen LogP contribution in [0.3, 0.4) is 0 Å². The number of nitrogens with zero attached hydrogens (tertiary/aromatic N) is 3. The monoisotopic (exact) mass is 300 g/mol. The predicted octanol–water partition coefficient (Wildman–Crippen LogP) is 0.971. The summed E-state index contributed by atoms with van der Waals surface area (Å²) >= 11 is 0. The first-order valence-electron chi connectivity index (χ1n) is 8.55. The van der Waals surface area contributed by atoms with Crippen molar-refractivity contribution in [3.05, 3.63) is 23.4 Å². The molecule has 5 nitrogen and oxygen atoms in total. The highest BCUT2D eigenvalue weighted by Gasteiger charge is 2.31. The molecule has 2 saturated heterocycles. The number of aromatic nitrogens is 1. The lowest BCUT2D eigenvalue weighted by atomic mass is 9.92. The van der Waals surface area contributed by atoms with Gasteiger partial charge in [0.15, 0.2) is 0 Å². The van der Waals surface area contributed by atoms with Gasteiger partial charge in [0.1, 0.15) is 5.82 Å². The molecule has 0 bridgehead atoms.